The van der Waals surface area contributed by atoms with Gasteiger partial charge >= 0.3 is 6.18 Å². The Morgan fingerprint density at radius 3 is 2.38 bits per heavy atom. The van der Waals surface area contributed by atoms with Crippen LogP contribution in [0.2, 0.25) is 0 Å². The highest BCUT2D eigenvalue weighted by Crippen LogP contribution is 2.35. The molecular weight excluding hydrogens is 511 g/mol. The quantitative estimate of drug-likeness (QED) is 0.208. The van der Waals surface area contributed by atoms with Crippen LogP contribution >= 0.6 is 0 Å². The molecule has 7 nitrogen and oxygen atoms in total. The van der Waals surface area contributed by atoms with Crippen molar-refractivity contribution in [1.82, 2.24) is 9.80 Å². The van der Waals surface area contributed by atoms with Crippen molar-refractivity contribution in [2.75, 3.05) is 19.6 Å². The van der Waals surface area contributed by atoms with Gasteiger partial charge in [0.15, 0.2) is 0 Å². The summed E-state index contributed by atoms with van der Waals surface area (Å²) in [6, 6.07) is -0.538. The molecule has 0 spiro atoms. The van der Waals surface area contributed by atoms with Gasteiger partial charge in [-0.2, -0.15) is 13.2 Å². The summed E-state index contributed by atoms with van der Waals surface area (Å²) in [6.45, 7) is 9.60. The van der Waals surface area contributed by atoms with E-state index in [4.69, 9.17) is 0 Å². The number of hydrogen-bond acceptors (Lipinski definition) is 5. The Balaban J connectivity index is 2.26. The third-order valence-corrected chi connectivity index (χ3v) is 7.32. The predicted octanol–water partition coefficient (Wildman–Crippen LogP) is 5.64. The molecule has 0 aromatic rings. The minimum Gasteiger partial charge on any atom is -0.512 e. The van der Waals surface area contributed by atoms with Crippen molar-refractivity contribution in [1.29, 1.82) is 0 Å². The van der Waals surface area contributed by atoms with Crippen LogP contribution in [0, 0.1) is 5.92 Å². The highest BCUT2D eigenvalue weighted by molar-refractivity contribution is 6.39. The van der Waals surface area contributed by atoms with Gasteiger partial charge in [0.05, 0.1) is 23.7 Å². The average Bonchev–Trinajstić information content (AvgIpc) is 2.87. The third kappa shape index (κ3) is 8.81. The number of alkyl halides is 3. The highest BCUT2D eigenvalue weighted by atomic mass is 19.4. The largest absolute Gasteiger partial charge is 0.512 e. The third-order valence-electron chi connectivity index (χ3n) is 7.32. The van der Waals surface area contributed by atoms with E-state index in [1.54, 1.807) is 29.2 Å². The molecule has 2 aliphatic heterocycles. The Bertz CT molecular complexity index is 988. The minimum atomic E-state index is -4.59. The molecule has 2 aliphatic rings. The lowest BCUT2D eigenvalue weighted by Gasteiger charge is -2.45. The number of halogens is 3. The zero-order valence-electron chi connectivity index (χ0n) is 23.2. The molecular formula is C29H42F3N3O4. The number of amides is 2. The number of carbonyl (C=O) groups is 2. The number of nitrogens with zero attached hydrogens (tertiary/aromatic N) is 3. The fourth-order valence-electron chi connectivity index (χ4n) is 5.41. The number of aliphatic hydroxyl groups is 2. The Kier molecular flexibility index (Phi) is 12.0. The van der Waals surface area contributed by atoms with E-state index in [0.717, 1.165) is 0 Å². The van der Waals surface area contributed by atoms with Crippen LogP contribution in [0.1, 0.15) is 72.1 Å². The molecule has 0 bridgehead atoms. The molecule has 39 heavy (non-hydrogen) atoms. The van der Waals surface area contributed by atoms with Gasteiger partial charge in [-0.1, -0.05) is 51.2 Å². The second-order valence-electron chi connectivity index (χ2n) is 10.2. The fourth-order valence-corrected chi connectivity index (χ4v) is 5.41. The van der Waals surface area contributed by atoms with Crippen molar-refractivity contribution in [2.45, 2.75) is 90.0 Å². The first-order valence-corrected chi connectivity index (χ1v) is 13.7. The maximum absolute atomic E-state index is 13.7. The maximum Gasteiger partial charge on any atom is 0.394 e. The van der Waals surface area contributed by atoms with E-state index in [2.05, 4.69) is 11.6 Å². The Labute approximate surface area is 229 Å². The molecule has 218 valence electrons. The molecule has 0 radical (unpaired) electrons. The standard InChI is InChI=1S/C29H42F3N3O4/c1-5-8-13-23(21(4)36)28(39)14-18-34(19-15-28)26(37)22-12-10-17-35(25(22)11-7-3)27(38)24(20-29(30,31)32)33-16-9-6-2/h5,8-9,13,16,22,25,36,39H,1,6-7,10-12,14-15,17-20H2,2-4H3/b13-8-,16-9-,23-21-,33-24?. The van der Waals surface area contributed by atoms with E-state index in [1.165, 1.54) is 18.0 Å². The summed E-state index contributed by atoms with van der Waals surface area (Å²) in [4.78, 5) is 34.0. The van der Waals surface area contributed by atoms with Crippen molar-refractivity contribution >= 4 is 17.5 Å². The van der Waals surface area contributed by atoms with Crippen LogP contribution in [0.25, 0.3) is 0 Å². The topological polar surface area (TPSA) is 93.4 Å². The van der Waals surface area contributed by atoms with Crippen molar-refractivity contribution in [2.24, 2.45) is 10.9 Å². The summed E-state index contributed by atoms with van der Waals surface area (Å²) in [5.41, 5.74) is -1.50. The number of piperidine rings is 2. The van der Waals surface area contributed by atoms with Crippen LogP contribution in [0.4, 0.5) is 13.2 Å². The predicted molar refractivity (Wildman–Crippen MR) is 146 cm³/mol. The molecule has 2 amide bonds. The smallest absolute Gasteiger partial charge is 0.394 e. The highest BCUT2D eigenvalue weighted by Gasteiger charge is 2.44. The van der Waals surface area contributed by atoms with Gasteiger partial charge in [0, 0.05) is 37.4 Å². The molecule has 10 heteroatoms. The van der Waals surface area contributed by atoms with Gasteiger partial charge in [-0.05, 0) is 45.4 Å². The zero-order chi connectivity index (χ0) is 29.2. The molecule has 0 aromatic carbocycles. The van der Waals surface area contributed by atoms with Crippen molar-refractivity contribution in [3.05, 3.63) is 48.4 Å². The second-order valence-corrected chi connectivity index (χ2v) is 10.2. The first-order chi connectivity index (χ1) is 18.4. The molecule has 2 heterocycles. The lowest BCUT2D eigenvalue weighted by atomic mass is 9.81. The van der Waals surface area contributed by atoms with Crippen molar-refractivity contribution in [3.63, 3.8) is 0 Å². The Morgan fingerprint density at radius 2 is 1.85 bits per heavy atom. The molecule has 2 fully saturated rings. The molecule has 0 aromatic heterocycles. The molecule has 2 rings (SSSR count). The van der Waals surface area contributed by atoms with E-state index in [-0.39, 0.29) is 44.1 Å². The summed E-state index contributed by atoms with van der Waals surface area (Å²) in [5.74, 6) is -1.51. The van der Waals surface area contributed by atoms with E-state index < -0.39 is 41.8 Å². The van der Waals surface area contributed by atoms with Crippen LogP contribution < -0.4 is 0 Å². The normalized spacial score (nSPS) is 23.3. The van der Waals surface area contributed by atoms with Crippen LogP contribution in [0.15, 0.2) is 53.4 Å². The van der Waals surface area contributed by atoms with Gasteiger partial charge in [-0.15, -0.1) is 0 Å². The maximum atomic E-state index is 13.7. The van der Waals surface area contributed by atoms with Crippen LogP contribution in [0.3, 0.4) is 0 Å². The Morgan fingerprint density at radius 1 is 1.18 bits per heavy atom. The molecule has 2 N–H and O–H groups in total. The van der Waals surface area contributed by atoms with E-state index >= 15 is 0 Å². The summed E-state index contributed by atoms with van der Waals surface area (Å²) in [7, 11) is 0. The van der Waals surface area contributed by atoms with E-state index in [0.29, 0.717) is 37.7 Å². The lowest BCUT2D eigenvalue weighted by Crippen LogP contribution is -2.57. The molecule has 2 unspecified atom stereocenters. The molecule has 2 atom stereocenters. The number of aliphatic imine (C=N–C) groups is 1. The second kappa shape index (κ2) is 14.5. The minimum absolute atomic E-state index is 0.00933. The monoisotopic (exact) mass is 553 g/mol. The fraction of sp³-hybridized carbons (Fsp3) is 0.621. The first kappa shape index (κ1) is 32.3. The summed E-state index contributed by atoms with van der Waals surface area (Å²) in [6.07, 6.45) is 4.72. The summed E-state index contributed by atoms with van der Waals surface area (Å²) < 4.78 is 39.9. The average molecular weight is 554 g/mol. The van der Waals surface area contributed by atoms with Crippen LogP contribution in [0.5, 0.6) is 0 Å². The Hall–Kier alpha value is -2.88. The van der Waals surface area contributed by atoms with Gasteiger partial charge in [-0.25, -0.2) is 0 Å². The van der Waals surface area contributed by atoms with Gasteiger partial charge in [-0.3, -0.25) is 14.6 Å². The SMILES string of the molecule is C=C/C=C\C(=C(/C)O)C1(O)CCN(C(=O)C2CCCN(C(=O)C(CC(F)(F)F)=N/C=C\CC)C2CCC)CC1. The number of allylic oxidation sites excluding steroid dienone is 4. The summed E-state index contributed by atoms with van der Waals surface area (Å²) in [5, 5.41) is 21.4. The number of hydrogen-bond donors (Lipinski definition) is 2. The number of rotatable bonds is 10. The van der Waals surface area contributed by atoms with Crippen LogP contribution in [-0.4, -0.2) is 75.0 Å². The van der Waals surface area contributed by atoms with Crippen molar-refractivity contribution < 1.29 is 33.0 Å². The summed E-state index contributed by atoms with van der Waals surface area (Å²) >= 11 is 0. The van der Waals surface area contributed by atoms with Gasteiger partial charge in [0.25, 0.3) is 5.91 Å². The molecule has 0 aliphatic carbocycles. The zero-order valence-corrected chi connectivity index (χ0v) is 23.2. The van der Waals surface area contributed by atoms with Gasteiger partial charge in [0.1, 0.15) is 5.71 Å². The van der Waals surface area contributed by atoms with Crippen LogP contribution in [-0.2, 0) is 9.59 Å². The van der Waals surface area contributed by atoms with Crippen molar-refractivity contribution in [3.8, 4) is 0 Å². The molecule has 0 saturated carbocycles. The van der Waals surface area contributed by atoms with Gasteiger partial charge in [0.2, 0.25) is 5.91 Å². The number of aliphatic hydroxyl groups excluding tert-OH is 1. The molecule has 2 saturated heterocycles. The van der Waals surface area contributed by atoms with Gasteiger partial charge < -0.3 is 20.0 Å². The lowest BCUT2D eigenvalue weighted by molar-refractivity contribution is -0.146. The first-order valence-electron chi connectivity index (χ1n) is 13.7. The number of likely N-dealkylation sites (tertiary alicyclic amines) is 2. The van der Waals surface area contributed by atoms with E-state index in [9.17, 15) is 33.0 Å². The number of carbonyl (C=O) groups excluding carboxylic acids is 2. The van der Waals surface area contributed by atoms with E-state index in [1.807, 2.05) is 13.8 Å².